The number of ether oxygens (including phenoxy) is 2. The zero-order valence-electron chi connectivity index (χ0n) is 9.70. The van der Waals surface area contributed by atoms with Gasteiger partial charge in [0.2, 0.25) is 0 Å². The number of nitrogens with two attached hydrogens (primary N) is 1. The van der Waals surface area contributed by atoms with Crippen molar-refractivity contribution in [1.82, 2.24) is 0 Å². The van der Waals surface area contributed by atoms with Gasteiger partial charge in [0.25, 0.3) is 0 Å². The van der Waals surface area contributed by atoms with E-state index in [9.17, 15) is 0 Å². The first kappa shape index (κ1) is 13.3. The molecule has 1 aromatic rings. The molecule has 4 heteroatoms. The van der Waals surface area contributed by atoms with Crippen LogP contribution in [0.3, 0.4) is 0 Å². The van der Waals surface area contributed by atoms with Gasteiger partial charge in [0.05, 0.1) is 12.7 Å². The van der Waals surface area contributed by atoms with Crippen molar-refractivity contribution in [2.24, 2.45) is 5.73 Å². The Balaban J connectivity index is 2.48. The molecule has 0 amide bonds. The monoisotopic (exact) mass is 243 g/mol. The van der Waals surface area contributed by atoms with Crippen molar-refractivity contribution >= 4 is 11.6 Å². The van der Waals surface area contributed by atoms with Gasteiger partial charge in [-0.1, -0.05) is 17.7 Å². The molecule has 90 valence electrons. The van der Waals surface area contributed by atoms with Gasteiger partial charge < -0.3 is 15.2 Å². The lowest BCUT2D eigenvalue weighted by Gasteiger charge is -2.12. The van der Waals surface area contributed by atoms with Gasteiger partial charge in [-0.15, -0.1) is 0 Å². The summed E-state index contributed by atoms with van der Waals surface area (Å²) in [5.74, 6) is 0.738. The molecule has 0 aliphatic carbocycles. The summed E-state index contributed by atoms with van der Waals surface area (Å²) in [5.41, 5.74) is 6.55. The van der Waals surface area contributed by atoms with Gasteiger partial charge in [0.15, 0.2) is 0 Å². The number of halogens is 1. The summed E-state index contributed by atoms with van der Waals surface area (Å²) in [6.07, 6.45) is 0.219. The first-order valence-electron chi connectivity index (χ1n) is 5.36. The van der Waals surface area contributed by atoms with Crippen molar-refractivity contribution in [2.45, 2.75) is 26.5 Å². The molecule has 0 aliphatic heterocycles. The lowest BCUT2D eigenvalue weighted by molar-refractivity contribution is 0.0551. The molecule has 0 bridgehead atoms. The number of benzene rings is 1. The average Bonchev–Trinajstić information content (AvgIpc) is 2.24. The third kappa shape index (κ3) is 4.39. The molecule has 0 saturated heterocycles. The zero-order chi connectivity index (χ0) is 12.0. The minimum Gasteiger partial charge on any atom is -0.491 e. The van der Waals surface area contributed by atoms with Gasteiger partial charge in [-0.3, -0.25) is 0 Å². The summed E-state index contributed by atoms with van der Waals surface area (Å²) in [4.78, 5) is 0. The highest BCUT2D eigenvalue weighted by molar-refractivity contribution is 6.30. The molecule has 16 heavy (non-hydrogen) atoms. The van der Waals surface area contributed by atoms with Gasteiger partial charge in [-0.05, 0) is 26.0 Å². The van der Waals surface area contributed by atoms with Gasteiger partial charge in [0.1, 0.15) is 12.4 Å². The highest BCUT2D eigenvalue weighted by Crippen LogP contribution is 2.22. The maximum atomic E-state index is 5.88. The van der Waals surface area contributed by atoms with E-state index in [1.165, 1.54) is 0 Å². The molecule has 1 aromatic carbocycles. The summed E-state index contributed by atoms with van der Waals surface area (Å²) in [7, 11) is 0. The maximum absolute atomic E-state index is 5.88. The van der Waals surface area contributed by atoms with Crippen LogP contribution in [0, 0.1) is 0 Å². The van der Waals surface area contributed by atoms with Crippen LogP contribution in [0.1, 0.15) is 19.4 Å². The quantitative estimate of drug-likeness (QED) is 0.782. The topological polar surface area (TPSA) is 44.5 Å². The van der Waals surface area contributed by atoms with Gasteiger partial charge in [-0.25, -0.2) is 0 Å². The molecular weight excluding hydrogens is 226 g/mol. The predicted molar refractivity (Wildman–Crippen MR) is 65.9 cm³/mol. The van der Waals surface area contributed by atoms with E-state index in [4.69, 9.17) is 26.8 Å². The van der Waals surface area contributed by atoms with Crippen LogP contribution < -0.4 is 10.5 Å². The summed E-state index contributed by atoms with van der Waals surface area (Å²) in [6, 6.07) is 5.46. The SMILES string of the molecule is CC(C)OCCOc1cc(Cl)ccc1CN. The smallest absolute Gasteiger partial charge is 0.125 e. The molecule has 0 fully saturated rings. The largest absolute Gasteiger partial charge is 0.491 e. The molecule has 0 radical (unpaired) electrons. The fraction of sp³-hybridized carbons (Fsp3) is 0.500. The third-order valence-corrected chi connectivity index (χ3v) is 2.28. The summed E-state index contributed by atoms with van der Waals surface area (Å²) < 4.78 is 10.9. The molecule has 0 atom stereocenters. The fourth-order valence-corrected chi connectivity index (χ4v) is 1.43. The lowest BCUT2D eigenvalue weighted by atomic mass is 10.2. The summed E-state index contributed by atoms with van der Waals surface area (Å²) >= 11 is 5.88. The Hall–Kier alpha value is -0.770. The molecular formula is C12H18ClNO2. The van der Waals surface area contributed by atoms with Gasteiger partial charge in [0, 0.05) is 17.1 Å². The molecule has 0 unspecified atom stereocenters. The molecule has 0 heterocycles. The Morgan fingerprint density at radius 2 is 2.06 bits per heavy atom. The van der Waals surface area contributed by atoms with Crippen molar-refractivity contribution in [2.75, 3.05) is 13.2 Å². The van der Waals surface area contributed by atoms with Crippen molar-refractivity contribution in [3.05, 3.63) is 28.8 Å². The van der Waals surface area contributed by atoms with Crippen molar-refractivity contribution < 1.29 is 9.47 Å². The van der Waals surface area contributed by atoms with E-state index in [1.807, 2.05) is 19.9 Å². The molecule has 3 nitrogen and oxygen atoms in total. The lowest BCUT2D eigenvalue weighted by Crippen LogP contribution is -2.12. The van der Waals surface area contributed by atoms with E-state index in [0.29, 0.717) is 24.8 Å². The Bertz CT molecular complexity index is 329. The maximum Gasteiger partial charge on any atom is 0.125 e. The van der Waals surface area contributed by atoms with E-state index >= 15 is 0 Å². The third-order valence-electron chi connectivity index (χ3n) is 2.04. The molecule has 0 spiro atoms. The molecule has 0 saturated carbocycles. The average molecular weight is 244 g/mol. The van der Waals surface area contributed by atoms with E-state index < -0.39 is 0 Å². The van der Waals surface area contributed by atoms with Crippen LogP contribution in [0.25, 0.3) is 0 Å². The van der Waals surface area contributed by atoms with E-state index in [1.54, 1.807) is 12.1 Å². The van der Waals surface area contributed by atoms with Crippen LogP contribution in [0.5, 0.6) is 5.75 Å². The number of hydrogen-bond donors (Lipinski definition) is 1. The molecule has 2 N–H and O–H groups in total. The second-order valence-electron chi connectivity index (χ2n) is 3.72. The first-order valence-corrected chi connectivity index (χ1v) is 5.74. The van der Waals surface area contributed by atoms with Crippen LogP contribution >= 0.6 is 11.6 Å². The van der Waals surface area contributed by atoms with Crippen molar-refractivity contribution in [3.63, 3.8) is 0 Å². The second kappa shape index (κ2) is 6.74. The zero-order valence-corrected chi connectivity index (χ0v) is 10.5. The summed E-state index contributed by atoms with van der Waals surface area (Å²) in [6.45, 7) is 5.49. The Kier molecular flexibility index (Phi) is 5.60. The van der Waals surface area contributed by atoms with Crippen LogP contribution in [0.4, 0.5) is 0 Å². The Labute approximate surface area is 101 Å². The fourth-order valence-electron chi connectivity index (χ4n) is 1.27. The summed E-state index contributed by atoms with van der Waals surface area (Å²) in [5, 5.41) is 0.650. The molecule has 0 aliphatic rings. The highest BCUT2D eigenvalue weighted by Gasteiger charge is 2.03. The van der Waals surface area contributed by atoms with Crippen LogP contribution in [0.15, 0.2) is 18.2 Å². The Morgan fingerprint density at radius 3 is 2.69 bits per heavy atom. The van der Waals surface area contributed by atoms with E-state index in [2.05, 4.69) is 0 Å². The van der Waals surface area contributed by atoms with Crippen molar-refractivity contribution in [3.8, 4) is 5.75 Å². The minimum atomic E-state index is 0.219. The number of hydrogen-bond acceptors (Lipinski definition) is 3. The first-order chi connectivity index (χ1) is 7.63. The predicted octanol–water partition coefficient (Wildman–Crippen LogP) is 2.60. The standard InChI is InChI=1S/C12H18ClNO2/c1-9(2)15-5-6-16-12-7-11(13)4-3-10(12)8-14/h3-4,7,9H,5-6,8,14H2,1-2H3. The number of rotatable bonds is 6. The van der Waals surface area contributed by atoms with Crippen LogP contribution in [-0.2, 0) is 11.3 Å². The van der Waals surface area contributed by atoms with Gasteiger partial charge >= 0.3 is 0 Å². The molecule has 1 rings (SSSR count). The van der Waals surface area contributed by atoms with Crippen LogP contribution in [-0.4, -0.2) is 19.3 Å². The van der Waals surface area contributed by atoms with Gasteiger partial charge in [-0.2, -0.15) is 0 Å². The molecule has 0 aromatic heterocycles. The Morgan fingerprint density at radius 1 is 1.31 bits per heavy atom. The highest BCUT2D eigenvalue weighted by atomic mass is 35.5. The van der Waals surface area contributed by atoms with E-state index in [0.717, 1.165) is 11.3 Å². The normalized spacial score (nSPS) is 10.8. The van der Waals surface area contributed by atoms with Crippen molar-refractivity contribution in [1.29, 1.82) is 0 Å². The van der Waals surface area contributed by atoms with E-state index in [-0.39, 0.29) is 6.10 Å². The van der Waals surface area contributed by atoms with Crippen LogP contribution in [0.2, 0.25) is 5.02 Å². The second-order valence-corrected chi connectivity index (χ2v) is 4.16. The minimum absolute atomic E-state index is 0.219.